The van der Waals surface area contributed by atoms with Gasteiger partial charge in [-0.2, -0.15) is 0 Å². The molecule has 3 rings (SSSR count). The lowest BCUT2D eigenvalue weighted by molar-refractivity contribution is -0.137. The van der Waals surface area contributed by atoms with Crippen molar-refractivity contribution in [3.05, 3.63) is 78.0 Å². The van der Waals surface area contributed by atoms with Gasteiger partial charge in [0.05, 0.1) is 18.9 Å². The van der Waals surface area contributed by atoms with Gasteiger partial charge in [-0.05, 0) is 49.8 Å². The van der Waals surface area contributed by atoms with Gasteiger partial charge in [0.2, 0.25) is 0 Å². The van der Waals surface area contributed by atoms with Crippen molar-refractivity contribution in [2.24, 2.45) is 0 Å². The topological polar surface area (TPSA) is 57.5 Å². The lowest BCUT2D eigenvalue weighted by atomic mass is 10.0. The molecule has 0 amide bonds. The van der Waals surface area contributed by atoms with E-state index < -0.39 is 11.9 Å². The van der Waals surface area contributed by atoms with Crippen molar-refractivity contribution >= 4 is 28.9 Å². The van der Waals surface area contributed by atoms with Crippen LogP contribution >= 0.6 is 0 Å². The van der Waals surface area contributed by atoms with Crippen LogP contribution in [0.2, 0.25) is 0 Å². The van der Waals surface area contributed by atoms with Gasteiger partial charge < -0.3 is 14.0 Å². The molecule has 0 aliphatic rings. The Morgan fingerprint density at radius 2 is 1.74 bits per heavy atom. The van der Waals surface area contributed by atoms with Gasteiger partial charge in [0, 0.05) is 29.4 Å². The van der Waals surface area contributed by atoms with Gasteiger partial charge in [0.15, 0.2) is 0 Å². The van der Waals surface area contributed by atoms with Crippen molar-refractivity contribution in [2.45, 2.75) is 26.8 Å². The zero-order chi connectivity index (χ0) is 22.5. The number of halogens is 1. The second kappa shape index (κ2) is 9.43. The first-order valence-corrected chi connectivity index (χ1v) is 9.86. The van der Waals surface area contributed by atoms with Gasteiger partial charge in [-0.3, -0.25) is 4.79 Å². The van der Waals surface area contributed by atoms with Crippen LogP contribution in [0.4, 0.5) is 4.39 Å². The molecule has 31 heavy (non-hydrogen) atoms. The number of aromatic nitrogens is 1. The average molecular weight is 421 g/mol. The first kappa shape index (κ1) is 22.0. The Balaban J connectivity index is 2.25. The maximum atomic E-state index is 13.6. The highest BCUT2D eigenvalue weighted by molar-refractivity contribution is 6.01. The molecule has 0 unspecified atom stereocenters. The lowest BCUT2D eigenvalue weighted by Gasteiger charge is -2.14. The molecule has 3 aromatic rings. The molecule has 0 spiro atoms. The minimum absolute atomic E-state index is 0.0602. The number of benzene rings is 2. The van der Waals surface area contributed by atoms with Crippen LogP contribution in [0.15, 0.2) is 66.4 Å². The highest BCUT2D eigenvalue weighted by Crippen LogP contribution is 2.38. The van der Waals surface area contributed by atoms with E-state index in [0.29, 0.717) is 0 Å². The number of carbonyl (C=O) groups excluding carboxylic acids is 2. The summed E-state index contributed by atoms with van der Waals surface area (Å²) in [5.74, 6) is -1.44. The Bertz CT molecular complexity index is 1170. The Kier molecular flexibility index (Phi) is 6.70. The van der Waals surface area contributed by atoms with E-state index in [4.69, 9.17) is 4.74 Å². The highest BCUT2D eigenvalue weighted by Gasteiger charge is 2.18. The predicted molar refractivity (Wildman–Crippen MR) is 119 cm³/mol. The third-order valence-electron chi connectivity index (χ3n) is 4.73. The molecule has 1 aromatic heterocycles. The third kappa shape index (κ3) is 4.91. The first-order chi connectivity index (χ1) is 14.8. The normalized spacial score (nSPS) is 12.0. The van der Waals surface area contributed by atoms with E-state index in [1.54, 1.807) is 24.3 Å². The van der Waals surface area contributed by atoms with Crippen LogP contribution < -0.4 is 0 Å². The van der Waals surface area contributed by atoms with Crippen molar-refractivity contribution in [1.29, 1.82) is 0 Å². The standard InChI is InChI=1S/C25H24FNO4/c1-16(2)27-22-8-6-5-7-21(22)25(18-9-11-19(26)12-10-18)23(27)14-13-20(31-17(3)28)15-24(29)30-4/h5-16H,1-4H3. The number of esters is 2. The number of fused-ring (bicyclic) bond motifs is 1. The van der Waals surface area contributed by atoms with E-state index in [2.05, 4.69) is 23.2 Å². The second-order valence-electron chi connectivity index (χ2n) is 7.24. The van der Waals surface area contributed by atoms with Crippen LogP contribution in [-0.4, -0.2) is 23.6 Å². The van der Waals surface area contributed by atoms with Gasteiger partial charge in [0.1, 0.15) is 11.6 Å². The molecule has 6 heteroatoms. The third-order valence-corrected chi connectivity index (χ3v) is 4.73. The second-order valence-corrected chi connectivity index (χ2v) is 7.24. The summed E-state index contributed by atoms with van der Waals surface area (Å²) in [6.45, 7) is 5.39. The summed E-state index contributed by atoms with van der Waals surface area (Å²) >= 11 is 0. The number of nitrogens with zero attached hydrogens (tertiary/aromatic N) is 1. The van der Waals surface area contributed by atoms with Crippen LogP contribution in [-0.2, 0) is 19.1 Å². The smallest absolute Gasteiger partial charge is 0.334 e. The monoisotopic (exact) mass is 421 g/mol. The van der Waals surface area contributed by atoms with Crippen molar-refractivity contribution in [2.75, 3.05) is 7.11 Å². The molecule has 0 aliphatic heterocycles. The van der Waals surface area contributed by atoms with Gasteiger partial charge in [-0.1, -0.05) is 30.3 Å². The highest BCUT2D eigenvalue weighted by atomic mass is 19.1. The number of carbonyl (C=O) groups is 2. The number of allylic oxidation sites excluding steroid dienone is 1. The molecule has 0 radical (unpaired) electrons. The van der Waals surface area contributed by atoms with E-state index in [1.807, 2.05) is 24.3 Å². The van der Waals surface area contributed by atoms with E-state index in [1.165, 1.54) is 26.2 Å². The van der Waals surface area contributed by atoms with Gasteiger partial charge in [0.25, 0.3) is 0 Å². The van der Waals surface area contributed by atoms with E-state index in [9.17, 15) is 14.0 Å². The minimum atomic E-state index is -0.635. The number of hydrogen-bond acceptors (Lipinski definition) is 4. The maximum absolute atomic E-state index is 13.6. The lowest BCUT2D eigenvalue weighted by Crippen LogP contribution is -2.04. The van der Waals surface area contributed by atoms with Gasteiger partial charge >= 0.3 is 11.9 Å². The molecule has 0 bridgehead atoms. The van der Waals surface area contributed by atoms with Crippen LogP contribution in [0.1, 0.15) is 32.5 Å². The molecule has 160 valence electrons. The van der Waals surface area contributed by atoms with Crippen LogP contribution in [0.5, 0.6) is 0 Å². The largest absolute Gasteiger partial charge is 0.466 e. The van der Waals surface area contributed by atoms with Crippen LogP contribution in [0, 0.1) is 5.82 Å². The van der Waals surface area contributed by atoms with Gasteiger partial charge in [-0.15, -0.1) is 0 Å². The van der Waals surface area contributed by atoms with Crippen molar-refractivity contribution < 1.29 is 23.5 Å². The summed E-state index contributed by atoms with van der Waals surface area (Å²) in [6, 6.07) is 14.4. The number of ether oxygens (including phenoxy) is 2. The zero-order valence-corrected chi connectivity index (χ0v) is 17.9. The summed E-state index contributed by atoms with van der Waals surface area (Å²) < 4.78 is 25.5. The Morgan fingerprint density at radius 1 is 1.06 bits per heavy atom. The predicted octanol–water partition coefficient (Wildman–Crippen LogP) is 5.66. The molecule has 0 N–H and O–H groups in total. The van der Waals surface area contributed by atoms with Crippen LogP contribution in [0.25, 0.3) is 28.1 Å². The molecule has 1 heterocycles. The summed E-state index contributed by atoms with van der Waals surface area (Å²) in [7, 11) is 1.25. The summed E-state index contributed by atoms with van der Waals surface area (Å²) in [6.07, 6.45) is 4.45. The maximum Gasteiger partial charge on any atom is 0.334 e. The fourth-order valence-electron chi connectivity index (χ4n) is 3.54. The first-order valence-electron chi connectivity index (χ1n) is 9.86. The molecule has 0 fully saturated rings. The van der Waals surface area contributed by atoms with E-state index in [-0.39, 0.29) is 17.6 Å². The Labute approximate surface area is 180 Å². The molecule has 2 aromatic carbocycles. The summed E-state index contributed by atoms with van der Waals surface area (Å²) in [5.41, 5.74) is 3.62. The molecular weight excluding hydrogens is 397 g/mol. The number of rotatable bonds is 6. The Morgan fingerprint density at radius 3 is 2.35 bits per heavy atom. The van der Waals surface area contributed by atoms with Crippen molar-refractivity contribution in [3.63, 3.8) is 0 Å². The Hall–Kier alpha value is -3.67. The minimum Gasteiger partial charge on any atom is -0.466 e. The molecule has 0 aliphatic carbocycles. The fraction of sp³-hybridized carbons (Fsp3) is 0.200. The summed E-state index contributed by atoms with van der Waals surface area (Å²) in [4.78, 5) is 23.2. The SMILES string of the molecule is COC(=O)C=C(C=Cc1c(-c2ccc(F)cc2)c2ccccc2n1C(C)C)OC(C)=O. The van der Waals surface area contributed by atoms with Crippen molar-refractivity contribution in [1.82, 2.24) is 4.57 Å². The quantitative estimate of drug-likeness (QED) is 0.223. The van der Waals surface area contributed by atoms with E-state index in [0.717, 1.165) is 33.8 Å². The molecular formula is C25H24FNO4. The fourth-order valence-corrected chi connectivity index (χ4v) is 3.54. The number of para-hydroxylation sites is 1. The van der Waals surface area contributed by atoms with E-state index >= 15 is 0 Å². The zero-order valence-electron chi connectivity index (χ0n) is 17.9. The van der Waals surface area contributed by atoms with Crippen LogP contribution in [0.3, 0.4) is 0 Å². The number of hydrogen-bond donors (Lipinski definition) is 0. The summed E-state index contributed by atoms with van der Waals surface area (Å²) in [5, 5.41) is 1.01. The molecule has 0 saturated carbocycles. The van der Waals surface area contributed by atoms with Crippen molar-refractivity contribution in [3.8, 4) is 11.1 Å². The molecule has 0 saturated heterocycles. The average Bonchev–Trinajstić information content (AvgIpc) is 3.06. The molecule has 5 nitrogen and oxygen atoms in total. The number of methoxy groups -OCH3 is 1. The molecule has 0 atom stereocenters. The van der Waals surface area contributed by atoms with Gasteiger partial charge in [-0.25, -0.2) is 9.18 Å².